The first-order valence-electron chi connectivity index (χ1n) is 16.9. The highest BCUT2D eigenvalue weighted by atomic mass is 79.9. The average Bonchev–Trinajstić information content (AvgIpc) is 3.63. The van der Waals surface area contributed by atoms with E-state index >= 15 is 0 Å². The third kappa shape index (κ3) is 6.68. The lowest BCUT2D eigenvalue weighted by molar-refractivity contribution is -0.162. The molecule has 9 atom stereocenters. The first kappa shape index (κ1) is 35.3. The molecule has 1 unspecified atom stereocenters. The number of halogens is 1. The summed E-state index contributed by atoms with van der Waals surface area (Å²) in [5, 5.41) is 13.7. The van der Waals surface area contributed by atoms with E-state index in [4.69, 9.17) is 9.47 Å². The van der Waals surface area contributed by atoms with E-state index in [0.717, 1.165) is 12.8 Å². The summed E-state index contributed by atoms with van der Waals surface area (Å²) in [6, 6.07) is 6.72. The normalized spacial score (nSPS) is 33.4. The van der Waals surface area contributed by atoms with Gasteiger partial charge in [0.15, 0.2) is 0 Å². The molecule has 1 aromatic carbocycles. The van der Waals surface area contributed by atoms with Crippen LogP contribution in [0.2, 0.25) is 0 Å². The molecule has 2 saturated heterocycles. The highest BCUT2D eigenvalue weighted by molar-refractivity contribution is 9.11. The number of likely N-dealkylation sites (tertiary alicyclic amines) is 1. The second kappa shape index (κ2) is 14.6. The standard InChI is InChI=1S/C36H48BrN3O7/c1-6-13-22(4)39-17-12-8-11-16-27(42)38-23(5)30(24-14-9-7-10-15-24)46-35(45)28-29-33(43)40(25(20-41)18-21(2)3)32(34(39)44)36(29)19-26(37)31(28)47-36/h7-10,12,14-15,19,21-23,25,28-32,41H,6,11,13,16-18,20H2,1-5H3,(H,38,42)/b12-8-/t22?,23-,25+,28+,29-,30+,31+,32+,36-/m0/s1. The minimum absolute atomic E-state index is 0.126. The first-order chi connectivity index (χ1) is 22.4. The number of esters is 1. The lowest BCUT2D eigenvalue weighted by atomic mass is 9.74. The number of carbonyl (C=O) groups is 4. The minimum atomic E-state index is -1.43. The van der Waals surface area contributed by atoms with E-state index in [0.29, 0.717) is 22.9 Å². The molecule has 4 heterocycles. The Hall–Kier alpha value is -3.02. The third-order valence-corrected chi connectivity index (χ3v) is 10.6. The number of cyclic esters (lactones) is 1. The summed E-state index contributed by atoms with van der Waals surface area (Å²) < 4.78 is 13.5. The van der Waals surface area contributed by atoms with Crippen molar-refractivity contribution in [2.75, 3.05) is 13.2 Å². The monoisotopic (exact) mass is 713 g/mol. The maximum atomic E-state index is 14.9. The van der Waals surface area contributed by atoms with Crippen LogP contribution in [0.3, 0.4) is 0 Å². The lowest BCUT2D eigenvalue weighted by Gasteiger charge is -2.40. The molecular weight excluding hydrogens is 666 g/mol. The number of rotatable bonds is 8. The summed E-state index contributed by atoms with van der Waals surface area (Å²) in [4.78, 5) is 60.3. The van der Waals surface area contributed by atoms with Gasteiger partial charge in [-0.2, -0.15) is 0 Å². The van der Waals surface area contributed by atoms with Gasteiger partial charge >= 0.3 is 5.97 Å². The van der Waals surface area contributed by atoms with E-state index in [2.05, 4.69) is 28.2 Å². The molecule has 0 aliphatic carbocycles. The van der Waals surface area contributed by atoms with Crippen molar-refractivity contribution in [3.63, 3.8) is 0 Å². The van der Waals surface area contributed by atoms with E-state index in [1.54, 1.807) is 17.9 Å². The van der Waals surface area contributed by atoms with Crippen molar-refractivity contribution in [2.24, 2.45) is 17.8 Å². The molecule has 11 heteroatoms. The molecule has 2 fully saturated rings. The number of nitrogens with zero attached hydrogens (tertiary/aromatic N) is 2. The number of ether oxygens (including phenoxy) is 2. The summed E-state index contributed by atoms with van der Waals surface area (Å²) in [6.45, 7) is 9.80. The molecular formula is C36H48BrN3O7. The van der Waals surface area contributed by atoms with Gasteiger partial charge in [-0.1, -0.05) is 85.6 Å². The molecule has 0 saturated carbocycles. The van der Waals surface area contributed by atoms with Crippen LogP contribution in [0.25, 0.3) is 0 Å². The van der Waals surface area contributed by atoms with Gasteiger partial charge in [0.25, 0.3) is 0 Å². The Morgan fingerprint density at radius 3 is 2.45 bits per heavy atom. The number of hydrogen-bond acceptors (Lipinski definition) is 7. The maximum Gasteiger partial charge on any atom is 0.313 e. The fourth-order valence-corrected chi connectivity index (χ4v) is 8.60. The number of aliphatic hydroxyl groups is 1. The first-order valence-corrected chi connectivity index (χ1v) is 17.7. The van der Waals surface area contributed by atoms with Crippen LogP contribution in [-0.2, 0) is 28.7 Å². The van der Waals surface area contributed by atoms with Crippen LogP contribution >= 0.6 is 15.9 Å². The van der Waals surface area contributed by atoms with E-state index in [1.165, 1.54) is 4.90 Å². The second-order valence-corrected chi connectivity index (χ2v) is 14.7. The van der Waals surface area contributed by atoms with Gasteiger partial charge in [-0.05, 0) is 50.7 Å². The zero-order valence-corrected chi connectivity index (χ0v) is 29.5. The average molecular weight is 715 g/mol. The van der Waals surface area contributed by atoms with Crippen LogP contribution in [0.5, 0.6) is 0 Å². The summed E-state index contributed by atoms with van der Waals surface area (Å²) in [5.41, 5.74) is -0.736. The number of aliphatic hydroxyl groups excluding tert-OH is 1. The molecule has 4 aliphatic heterocycles. The fourth-order valence-electron chi connectivity index (χ4n) is 7.86. The van der Waals surface area contributed by atoms with Gasteiger partial charge in [0.05, 0.1) is 24.6 Å². The van der Waals surface area contributed by atoms with Gasteiger partial charge in [-0.25, -0.2) is 0 Å². The highest BCUT2D eigenvalue weighted by Gasteiger charge is 2.75. The summed E-state index contributed by atoms with van der Waals surface area (Å²) >= 11 is 3.62. The molecule has 5 rings (SSSR count). The molecule has 0 radical (unpaired) electrons. The number of hydrogen-bond donors (Lipinski definition) is 2. The molecule has 1 aromatic rings. The largest absolute Gasteiger partial charge is 0.455 e. The highest BCUT2D eigenvalue weighted by Crippen LogP contribution is 2.59. The SMILES string of the molecule is CCCC(C)N1C/C=C\CCC(=O)N[C@@H](C)[C@H](c2ccccc2)OC(=O)[C@H]2[C@@H]3O[C@@]4(C=C3Br)[C@@H]2C(=O)N([C@@H](CO)CC(C)C)[C@@H]4C1=O. The zero-order valence-electron chi connectivity index (χ0n) is 27.9. The Labute approximate surface area is 286 Å². The third-order valence-electron chi connectivity index (χ3n) is 9.96. The predicted molar refractivity (Wildman–Crippen MR) is 180 cm³/mol. The second-order valence-electron chi connectivity index (χ2n) is 13.8. The van der Waals surface area contributed by atoms with Crippen molar-refractivity contribution in [3.8, 4) is 0 Å². The summed E-state index contributed by atoms with van der Waals surface area (Å²) in [7, 11) is 0. The van der Waals surface area contributed by atoms with Gasteiger partial charge in [-0.3, -0.25) is 19.2 Å². The smallest absolute Gasteiger partial charge is 0.313 e. The lowest BCUT2D eigenvalue weighted by Crippen LogP contribution is -2.60. The van der Waals surface area contributed by atoms with Crippen LogP contribution in [0.15, 0.2) is 53.0 Å². The van der Waals surface area contributed by atoms with Gasteiger partial charge < -0.3 is 29.7 Å². The molecule has 47 heavy (non-hydrogen) atoms. The number of nitrogens with one attached hydrogen (secondary N) is 1. The number of benzene rings is 1. The Balaban J connectivity index is 1.65. The van der Waals surface area contributed by atoms with Gasteiger partial charge in [0.2, 0.25) is 17.7 Å². The number of fused-ring (bicyclic) bond motifs is 2. The minimum Gasteiger partial charge on any atom is -0.455 e. The van der Waals surface area contributed by atoms with Crippen LogP contribution in [-0.4, -0.2) is 87.6 Å². The van der Waals surface area contributed by atoms with Crippen LogP contribution in [0.4, 0.5) is 0 Å². The summed E-state index contributed by atoms with van der Waals surface area (Å²) in [6.07, 6.45) is 6.67. The Kier molecular flexibility index (Phi) is 11.0. The van der Waals surface area contributed by atoms with Crippen LogP contribution in [0.1, 0.15) is 78.4 Å². The molecule has 0 aromatic heterocycles. The fraction of sp³-hybridized carbons (Fsp3) is 0.611. The van der Waals surface area contributed by atoms with E-state index in [9.17, 15) is 24.3 Å². The van der Waals surface area contributed by atoms with Gasteiger partial charge in [0, 0.05) is 23.5 Å². The van der Waals surface area contributed by atoms with Crippen molar-refractivity contribution in [2.45, 2.75) is 109 Å². The number of carbonyl (C=O) groups excluding carboxylic acids is 4. The maximum absolute atomic E-state index is 14.9. The summed E-state index contributed by atoms with van der Waals surface area (Å²) in [5.74, 6) is -3.48. The molecule has 10 nitrogen and oxygen atoms in total. The van der Waals surface area contributed by atoms with E-state index < -0.39 is 59.6 Å². The Morgan fingerprint density at radius 2 is 1.79 bits per heavy atom. The van der Waals surface area contributed by atoms with Gasteiger partial charge in [0.1, 0.15) is 29.8 Å². The van der Waals surface area contributed by atoms with Crippen molar-refractivity contribution in [3.05, 3.63) is 58.6 Å². The van der Waals surface area contributed by atoms with Crippen molar-refractivity contribution >= 4 is 39.6 Å². The zero-order chi connectivity index (χ0) is 34.0. The van der Waals surface area contributed by atoms with Crippen LogP contribution < -0.4 is 5.32 Å². The molecule has 1 spiro atoms. The topological polar surface area (TPSA) is 125 Å². The predicted octanol–water partition coefficient (Wildman–Crippen LogP) is 4.42. The number of amides is 3. The van der Waals surface area contributed by atoms with Crippen molar-refractivity contribution in [1.82, 2.24) is 15.1 Å². The Morgan fingerprint density at radius 1 is 1.06 bits per heavy atom. The number of allylic oxidation sites excluding steroid dienone is 1. The molecule has 3 amide bonds. The van der Waals surface area contributed by atoms with E-state index in [-0.39, 0.29) is 43.3 Å². The Bertz CT molecular complexity index is 1400. The van der Waals surface area contributed by atoms with Crippen molar-refractivity contribution < 1.29 is 33.8 Å². The van der Waals surface area contributed by atoms with Crippen molar-refractivity contribution in [1.29, 1.82) is 0 Å². The van der Waals surface area contributed by atoms with Crippen LogP contribution in [0, 0.1) is 17.8 Å². The molecule has 5 bridgehead atoms. The molecule has 256 valence electrons. The molecule has 4 aliphatic rings. The van der Waals surface area contributed by atoms with E-state index in [1.807, 2.05) is 63.3 Å². The quantitative estimate of drug-likeness (QED) is 0.302. The molecule has 2 N–H and O–H groups in total. The van der Waals surface area contributed by atoms with Gasteiger partial charge in [-0.15, -0.1) is 0 Å².